The van der Waals surface area contributed by atoms with Crippen molar-refractivity contribution in [3.8, 4) is 11.5 Å². The molecule has 0 radical (unpaired) electrons. The highest BCUT2D eigenvalue weighted by Crippen LogP contribution is 2.35. The topological polar surface area (TPSA) is 146 Å². The first-order valence-electron chi connectivity index (χ1n) is 9.27. The van der Waals surface area contributed by atoms with Crippen LogP contribution in [0.5, 0.6) is 11.5 Å². The molecule has 0 saturated heterocycles. The van der Waals surface area contributed by atoms with Crippen molar-refractivity contribution in [2.24, 2.45) is 0 Å². The molecule has 33 heavy (non-hydrogen) atoms. The normalized spacial score (nSPS) is 10.9. The smallest absolute Gasteiger partial charge is 0.340 e. The second kappa shape index (κ2) is 9.83. The van der Waals surface area contributed by atoms with Crippen LogP contribution in [-0.2, 0) is 14.8 Å². The molecule has 0 fully saturated rings. The van der Waals surface area contributed by atoms with Crippen LogP contribution in [0.3, 0.4) is 0 Å². The summed E-state index contributed by atoms with van der Waals surface area (Å²) in [4.78, 5) is 24.5. The molecule has 11 nitrogen and oxygen atoms in total. The number of carbonyl (C=O) groups excluding carboxylic acids is 2. The van der Waals surface area contributed by atoms with Crippen LogP contribution in [0.4, 0.5) is 10.8 Å². The average Bonchev–Trinajstić information content (AvgIpc) is 3.28. The second-order valence-electron chi connectivity index (χ2n) is 6.54. The number of carbonyl (C=O) groups is 2. The van der Waals surface area contributed by atoms with Gasteiger partial charge in [0.05, 0.1) is 32.6 Å². The molecule has 0 unspecified atom stereocenters. The van der Waals surface area contributed by atoms with Crippen LogP contribution in [0.2, 0.25) is 0 Å². The molecule has 0 bridgehead atoms. The van der Waals surface area contributed by atoms with Gasteiger partial charge in [-0.3, -0.25) is 14.8 Å². The fourth-order valence-corrected chi connectivity index (χ4v) is 4.64. The number of esters is 1. The van der Waals surface area contributed by atoms with Crippen LogP contribution in [0.15, 0.2) is 40.7 Å². The van der Waals surface area contributed by atoms with E-state index < -0.39 is 26.2 Å². The number of benzene rings is 2. The zero-order chi connectivity index (χ0) is 24.2. The van der Waals surface area contributed by atoms with Gasteiger partial charge in [-0.2, -0.15) is 8.42 Å². The standard InChI is InChI=1S/C20H20N4O7S2/c1-11-5-7-12(8-6-11)17(25)21-19-22-23-20(32-19)33(27,28)24-14-10-16(30-3)15(29-2)9-13(14)18(26)31-4/h5-10,24H,1-4H3,(H,21,22,25). The zero-order valence-corrected chi connectivity index (χ0v) is 19.7. The highest BCUT2D eigenvalue weighted by atomic mass is 32.2. The minimum Gasteiger partial charge on any atom is -0.493 e. The Hall–Kier alpha value is -3.71. The van der Waals surface area contributed by atoms with E-state index >= 15 is 0 Å². The molecule has 3 rings (SSSR count). The molecule has 1 amide bonds. The lowest BCUT2D eigenvalue weighted by atomic mass is 10.1. The number of ether oxygens (including phenoxy) is 3. The van der Waals surface area contributed by atoms with E-state index in [-0.39, 0.29) is 27.9 Å². The zero-order valence-electron chi connectivity index (χ0n) is 18.0. The van der Waals surface area contributed by atoms with E-state index in [0.717, 1.165) is 12.7 Å². The Balaban J connectivity index is 1.87. The van der Waals surface area contributed by atoms with E-state index in [2.05, 4.69) is 20.2 Å². The maximum atomic E-state index is 12.9. The fraction of sp³-hybridized carbons (Fsp3) is 0.200. The number of amides is 1. The molecule has 13 heteroatoms. The van der Waals surface area contributed by atoms with Gasteiger partial charge in [-0.15, -0.1) is 10.2 Å². The molecule has 1 heterocycles. The molecule has 0 atom stereocenters. The van der Waals surface area contributed by atoms with Gasteiger partial charge < -0.3 is 14.2 Å². The third-order valence-corrected chi connectivity index (χ3v) is 6.92. The fourth-order valence-electron chi connectivity index (χ4n) is 2.67. The predicted octanol–water partition coefficient (Wildman–Crippen LogP) is 2.70. The summed E-state index contributed by atoms with van der Waals surface area (Å²) in [5, 5.41) is 9.87. The van der Waals surface area contributed by atoms with Crippen LogP contribution in [0, 0.1) is 6.92 Å². The predicted molar refractivity (Wildman–Crippen MR) is 121 cm³/mol. The van der Waals surface area contributed by atoms with Crippen molar-refractivity contribution in [3.63, 3.8) is 0 Å². The minimum absolute atomic E-state index is 0.0125. The van der Waals surface area contributed by atoms with Gasteiger partial charge in [0.2, 0.25) is 5.13 Å². The lowest BCUT2D eigenvalue weighted by molar-refractivity contribution is 0.0601. The second-order valence-corrected chi connectivity index (χ2v) is 9.38. The number of nitrogens with one attached hydrogen (secondary N) is 2. The average molecular weight is 493 g/mol. The van der Waals surface area contributed by atoms with Gasteiger partial charge in [-0.1, -0.05) is 29.0 Å². The minimum atomic E-state index is -4.27. The highest BCUT2D eigenvalue weighted by molar-refractivity contribution is 7.94. The van der Waals surface area contributed by atoms with Gasteiger partial charge in [-0.05, 0) is 19.1 Å². The Labute approximate surface area is 193 Å². The summed E-state index contributed by atoms with van der Waals surface area (Å²) in [6, 6.07) is 9.39. The molecular formula is C20H20N4O7S2. The number of hydrogen-bond donors (Lipinski definition) is 2. The van der Waals surface area contributed by atoms with E-state index in [0.29, 0.717) is 16.9 Å². The highest BCUT2D eigenvalue weighted by Gasteiger charge is 2.26. The number of aromatic nitrogens is 2. The van der Waals surface area contributed by atoms with Gasteiger partial charge in [0.25, 0.3) is 20.3 Å². The van der Waals surface area contributed by atoms with Gasteiger partial charge in [0, 0.05) is 17.7 Å². The van der Waals surface area contributed by atoms with Crippen LogP contribution in [0.1, 0.15) is 26.3 Å². The van der Waals surface area contributed by atoms with E-state index in [1.165, 1.54) is 26.4 Å². The summed E-state index contributed by atoms with van der Waals surface area (Å²) in [6.45, 7) is 1.89. The van der Waals surface area contributed by atoms with Gasteiger partial charge >= 0.3 is 5.97 Å². The molecule has 3 aromatic rings. The van der Waals surface area contributed by atoms with E-state index in [4.69, 9.17) is 14.2 Å². The summed E-state index contributed by atoms with van der Waals surface area (Å²) in [7, 11) is -0.376. The number of anilines is 2. The number of methoxy groups -OCH3 is 3. The lowest BCUT2D eigenvalue weighted by Crippen LogP contribution is -2.16. The number of sulfonamides is 1. The number of hydrogen-bond acceptors (Lipinski definition) is 10. The third-order valence-electron chi connectivity index (χ3n) is 4.34. The van der Waals surface area contributed by atoms with Crippen LogP contribution in [-0.4, -0.2) is 51.8 Å². The lowest BCUT2D eigenvalue weighted by Gasteiger charge is -2.14. The summed E-state index contributed by atoms with van der Waals surface area (Å²) in [6.07, 6.45) is 0. The van der Waals surface area contributed by atoms with Gasteiger partial charge in [0.15, 0.2) is 11.5 Å². The summed E-state index contributed by atoms with van der Waals surface area (Å²) in [5.74, 6) is -0.864. The van der Waals surface area contributed by atoms with E-state index in [9.17, 15) is 18.0 Å². The third kappa shape index (κ3) is 5.38. The summed E-state index contributed by atoms with van der Waals surface area (Å²) >= 11 is 0.646. The molecule has 0 saturated carbocycles. The van der Waals surface area contributed by atoms with Crippen molar-refractivity contribution in [1.82, 2.24) is 10.2 Å². The molecule has 174 valence electrons. The van der Waals surface area contributed by atoms with Crippen molar-refractivity contribution in [1.29, 1.82) is 0 Å². The maximum absolute atomic E-state index is 12.9. The molecule has 0 aliphatic heterocycles. The Kier molecular flexibility index (Phi) is 7.13. The van der Waals surface area contributed by atoms with E-state index in [1.807, 2.05) is 6.92 Å². The van der Waals surface area contributed by atoms with Crippen molar-refractivity contribution < 1.29 is 32.2 Å². The van der Waals surface area contributed by atoms with Crippen molar-refractivity contribution in [3.05, 3.63) is 53.1 Å². The molecule has 2 aromatic carbocycles. The van der Waals surface area contributed by atoms with Gasteiger partial charge in [-0.25, -0.2) is 4.79 Å². The summed E-state index contributed by atoms with van der Waals surface area (Å²) < 4.78 is 42.7. The Morgan fingerprint density at radius 2 is 1.61 bits per heavy atom. The van der Waals surface area contributed by atoms with Crippen molar-refractivity contribution in [2.45, 2.75) is 11.3 Å². The van der Waals surface area contributed by atoms with Crippen molar-refractivity contribution in [2.75, 3.05) is 31.4 Å². The molecule has 0 aliphatic carbocycles. The monoisotopic (exact) mass is 492 g/mol. The number of nitrogens with zero attached hydrogens (tertiary/aromatic N) is 2. The molecular weight excluding hydrogens is 472 g/mol. The molecule has 1 aromatic heterocycles. The van der Waals surface area contributed by atoms with Gasteiger partial charge in [0.1, 0.15) is 0 Å². The first-order chi connectivity index (χ1) is 15.7. The number of rotatable bonds is 8. The Morgan fingerprint density at radius 1 is 0.970 bits per heavy atom. The summed E-state index contributed by atoms with van der Waals surface area (Å²) in [5.41, 5.74) is 1.16. The first-order valence-corrected chi connectivity index (χ1v) is 11.6. The maximum Gasteiger partial charge on any atom is 0.340 e. The SMILES string of the molecule is COC(=O)c1cc(OC)c(OC)cc1NS(=O)(=O)c1nnc(NC(=O)c2ccc(C)cc2)s1. The largest absolute Gasteiger partial charge is 0.493 e. The quantitative estimate of drug-likeness (QED) is 0.358. The van der Waals surface area contributed by atoms with Crippen LogP contribution >= 0.6 is 11.3 Å². The number of aryl methyl sites for hydroxylation is 1. The molecule has 2 N–H and O–H groups in total. The Bertz CT molecular complexity index is 1290. The van der Waals surface area contributed by atoms with Crippen LogP contribution < -0.4 is 19.5 Å². The van der Waals surface area contributed by atoms with Crippen LogP contribution in [0.25, 0.3) is 0 Å². The van der Waals surface area contributed by atoms with E-state index in [1.54, 1.807) is 24.3 Å². The molecule has 0 aliphatic rings. The first kappa shape index (κ1) is 23.9. The molecule has 0 spiro atoms. The Morgan fingerprint density at radius 3 is 2.21 bits per heavy atom. The van der Waals surface area contributed by atoms with Crippen molar-refractivity contribution >= 4 is 44.1 Å².